The molecule has 2 aromatic carbocycles. The highest BCUT2D eigenvalue weighted by molar-refractivity contribution is 6.03. The number of rotatable bonds is 3. The topological polar surface area (TPSA) is 96.0 Å². The van der Waals surface area contributed by atoms with Gasteiger partial charge in [0, 0.05) is 18.7 Å². The van der Waals surface area contributed by atoms with E-state index in [0.29, 0.717) is 11.4 Å². The van der Waals surface area contributed by atoms with Crippen LogP contribution in [0.4, 0.5) is 20.3 Å². The van der Waals surface area contributed by atoms with Crippen molar-refractivity contribution in [1.29, 1.82) is 0 Å². The number of aromatic nitrogens is 2. The number of piperidine rings is 1. The second-order valence-corrected chi connectivity index (χ2v) is 7.29. The molecule has 3 N–H and O–H groups in total. The molecule has 0 atom stereocenters. The summed E-state index contributed by atoms with van der Waals surface area (Å²) >= 11 is 0. The van der Waals surface area contributed by atoms with Crippen molar-refractivity contribution in [3.05, 3.63) is 71.4 Å². The van der Waals surface area contributed by atoms with Gasteiger partial charge in [-0.3, -0.25) is 9.59 Å². The Kier molecular flexibility index (Phi) is 6.34. The van der Waals surface area contributed by atoms with Crippen molar-refractivity contribution >= 4 is 23.3 Å². The molecule has 5 rings (SSSR count). The van der Waals surface area contributed by atoms with Crippen LogP contribution in [0.5, 0.6) is 0 Å². The molecule has 0 saturated carbocycles. The first-order valence-electron chi connectivity index (χ1n) is 10.2. The van der Waals surface area contributed by atoms with Gasteiger partial charge in [-0.1, -0.05) is 24.3 Å². The Hall–Kier alpha value is -3.88. The lowest BCUT2D eigenvalue weighted by molar-refractivity contribution is -0.122. The molecule has 2 aliphatic rings. The van der Waals surface area contributed by atoms with E-state index in [9.17, 15) is 18.4 Å². The van der Waals surface area contributed by atoms with Gasteiger partial charge in [0.1, 0.15) is 23.0 Å². The van der Waals surface area contributed by atoms with E-state index < -0.39 is 11.6 Å². The molecule has 0 aliphatic carbocycles. The maximum atomic E-state index is 14.1. The van der Waals surface area contributed by atoms with Crippen LogP contribution < -0.4 is 16.0 Å². The molecule has 1 aromatic heterocycles. The van der Waals surface area contributed by atoms with E-state index in [1.165, 1.54) is 6.07 Å². The van der Waals surface area contributed by atoms with Crippen LogP contribution in [-0.4, -0.2) is 28.3 Å². The molecule has 1 saturated heterocycles. The van der Waals surface area contributed by atoms with Crippen LogP contribution in [0.1, 0.15) is 35.3 Å². The summed E-state index contributed by atoms with van der Waals surface area (Å²) in [6.45, 7) is 1.07. The molecule has 32 heavy (non-hydrogen) atoms. The molecule has 3 aromatic rings. The number of nitrogens with zero attached hydrogens (tertiary/aromatic N) is 2. The number of anilines is 2. The third kappa shape index (κ3) is 4.72. The minimum absolute atomic E-state index is 0.107. The van der Waals surface area contributed by atoms with E-state index in [4.69, 9.17) is 0 Å². The van der Waals surface area contributed by atoms with Crippen molar-refractivity contribution in [1.82, 2.24) is 20.6 Å². The van der Waals surface area contributed by atoms with E-state index in [1.54, 1.807) is 12.1 Å². The normalized spacial score (nSPS) is 14.6. The fourth-order valence-corrected chi connectivity index (χ4v) is 3.42. The maximum absolute atomic E-state index is 14.1. The number of hydrogen-bond acceptors (Lipinski definition) is 5. The highest BCUT2D eigenvalue weighted by Crippen LogP contribution is 2.30. The standard InChI is InChI=1S/C18H12F2N4O.C5H9NO/c19-11-7-4-8-12(20)14(11)16-23-13-9-21-18(25)15(13)17(24-16)22-10-5-2-1-3-6-10;7-5-3-1-2-4-6-5/h1-8H,9H2,(H,21,25)(H,22,23,24);1-4H2,(H,6,7). The van der Waals surface area contributed by atoms with Crippen molar-refractivity contribution in [3.8, 4) is 11.4 Å². The second kappa shape index (κ2) is 9.51. The Balaban J connectivity index is 0.000000300. The van der Waals surface area contributed by atoms with Gasteiger partial charge in [0.2, 0.25) is 5.91 Å². The number of benzene rings is 2. The summed E-state index contributed by atoms with van der Waals surface area (Å²) in [4.78, 5) is 30.8. The summed E-state index contributed by atoms with van der Waals surface area (Å²) in [6.07, 6.45) is 2.97. The monoisotopic (exact) mass is 437 g/mol. The first-order valence-corrected chi connectivity index (χ1v) is 10.2. The second-order valence-electron chi connectivity index (χ2n) is 7.29. The van der Waals surface area contributed by atoms with Gasteiger partial charge in [-0.05, 0) is 37.1 Å². The van der Waals surface area contributed by atoms with E-state index in [-0.39, 0.29) is 41.1 Å². The molecule has 7 nitrogen and oxygen atoms in total. The maximum Gasteiger partial charge on any atom is 0.257 e. The Morgan fingerprint density at radius 1 is 0.844 bits per heavy atom. The zero-order valence-electron chi connectivity index (χ0n) is 17.1. The largest absolute Gasteiger partial charge is 0.356 e. The lowest BCUT2D eigenvalue weighted by Crippen LogP contribution is -2.28. The fourth-order valence-electron chi connectivity index (χ4n) is 3.42. The summed E-state index contributed by atoms with van der Waals surface area (Å²) in [6, 6.07) is 12.6. The average molecular weight is 437 g/mol. The molecule has 3 heterocycles. The molecule has 164 valence electrons. The Morgan fingerprint density at radius 2 is 1.59 bits per heavy atom. The van der Waals surface area contributed by atoms with E-state index >= 15 is 0 Å². The number of carbonyl (C=O) groups excluding carboxylic acids is 2. The zero-order valence-corrected chi connectivity index (χ0v) is 17.1. The molecule has 9 heteroatoms. The highest BCUT2D eigenvalue weighted by Gasteiger charge is 2.28. The quantitative estimate of drug-likeness (QED) is 0.581. The van der Waals surface area contributed by atoms with Crippen LogP contribution in [0.3, 0.4) is 0 Å². The van der Waals surface area contributed by atoms with Crippen LogP contribution in [0.15, 0.2) is 48.5 Å². The Morgan fingerprint density at radius 3 is 2.22 bits per heavy atom. The summed E-state index contributed by atoms with van der Waals surface area (Å²) in [5.41, 5.74) is 1.06. The van der Waals surface area contributed by atoms with Crippen LogP contribution in [-0.2, 0) is 11.3 Å². The van der Waals surface area contributed by atoms with Gasteiger partial charge in [-0.2, -0.15) is 0 Å². The molecule has 0 spiro atoms. The van der Waals surface area contributed by atoms with Crippen LogP contribution in [0.2, 0.25) is 0 Å². The van der Waals surface area contributed by atoms with Crippen molar-refractivity contribution in [2.24, 2.45) is 0 Å². The first kappa shape index (κ1) is 21.4. The summed E-state index contributed by atoms with van der Waals surface area (Å²) in [5, 5.41) is 8.42. The molecule has 2 amide bonds. The SMILES string of the molecule is O=C1CCCCN1.O=C1NCc2nc(-c3c(F)cccc3F)nc(Nc3ccccc3)c21. The predicted octanol–water partition coefficient (Wildman–Crippen LogP) is 3.70. The number of amides is 2. The van der Waals surface area contributed by atoms with Crippen LogP contribution in [0.25, 0.3) is 11.4 Å². The van der Waals surface area contributed by atoms with Crippen LogP contribution in [0, 0.1) is 11.6 Å². The number of para-hydroxylation sites is 1. The van der Waals surface area contributed by atoms with Crippen LogP contribution >= 0.6 is 0 Å². The third-order valence-electron chi connectivity index (χ3n) is 5.00. The first-order chi connectivity index (χ1) is 15.5. The number of hydrogen-bond donors (Lipinski definition) is 3. The van der Waals surface area contributed by atoms with Gasteiger partial charge in [-0.25, -0.2) is 18.7 Å². The lowest BCUT2D eigenvalue weighted by Gasteiger charge is -2.11. The highest BCUT2D eigenvalue weighted by atomic mass is 19.1. The third-order valence-corrected chi connectivity index (χ3v) is 5.00. The smallest absolute Gasteiger partial charge is 0.257 e. The van der Waals surface area contributed by atoms with Crippen molar-refractivity contribution in [2.45, 2.75) is 25.8 Å². The number of fused-ring (bicyclic) bond motifs is 1. The molecule has 2 aliphatic heterocycles. The molecule has 0 unspecified atom stereocenters. The van der Waals surface area contributed by atoms with Crippen molar-refractivity contribution in [3.63, 3.8) is 0 Å². The fraction of sp³-hybridized carbons (Fsp3) is 0.217. The molecule has 0 radical (unpaired) electrons. The average Bonchev–Trinajstić information content (AvgIpc) is 3.16. The van der Waals surface area contributed by atoms with Gasteiger partial charge in [0.25, 0.3) is 5.91 Å². The number of halogens is 2. The molecule has 1 fully saturated rings. The van der Waals surface area contributed by atoms with E-state index in [2.05, 4.69) is 25.9 Å². The summed E-state index contributed by atoms with van der Waals surface area (Å²) in [5.74, 6) is -1.53. The lowest BCUT2D eigenvalue weighted by atomic mass is 10.1. The summed E-state index contributed by atoms with van der Waals surface area (Å²) in [7, 11) is 0. The number of carbonyl (C=O) groups is 2. The van der Waals surface area contributed by atoms with Crippen molar-refractivity contribution in [2.75, 3.05) is 11.9 Å². The molecular formula is C23H21F2N5O2. The van der Waals surface area contributed by atoms with E-state index in [1.807, 2.05) is 18.2 Å². The van der Waals surface area contributed by atoms with Gasteiger partial charge < -0.3 is 16.0 Å². The Bertz CT molecular complexity index is 1130. The molecule has 0 bridgehead atoms. The Labute approximate surface area is 183 Å². The van der Waals surface area contributed by atoms with E-state index in [0.717, 1.165) is 37.9 Å². The minimum atomic E-state index is -0.761. The van der Waals surface area contributed by atoms with Gasteiger partial charge >= 0.3 is 0 Å². The summed E-state index contributed by atoms with van der Waals surface area (Å²) < 4.78 is 28.2. The van der Waals surface area contributed by atoms with Gasteiger partial charge in [0.05, 0.1) is 17.8 Å². The number of nitrogens with one attached hydrogen (secondary N) is 3. The minimum Gasteiger partial charge on any atom is -0.356 e. The predicted molar refractivity (Wildman–Crippen MR) is 115 cm³/mol. The van der Waals surface area contributed by atoms with Gasteiger partial charge in [0.15, 0.2) is 5.82 Å². The zero-order chi connectivity index (χ0) is 22.5. The van der Waals surface area contributed by atoms with Crippen molar-refractivity contribution < 1.29 is 18.4 Å². The molecular weight excluding hydrogens is 416 g/mol. The van der Waals surface area contributed by atoms with Gasteiger partial charge in [-0.15, -0.1) is 0 Å².